The second-order valence-corrected chi connectivity index (χ2v) is 6.81. The lowest BCUT2D eigenvalue weighted by molar-refractivity contribution is 0.531. The Balaban J connectivity index is 2.20. The lowest BCUT2D eigenvalue weighted by atomic mass is 10.2. The van der Waals surface area contributed by atoms with Crippen molar-refractivity contribution in [3.8, 4) is 0 Å². The lowest BCUT2D eigenvalue weighted by Crippen LogP contribution is -2.42. The van der Waals surface area contributed by atoms with Crippen molar-refractivity contribution in [2.75, 3.05) is 23.5 Å². The van der Waals surface area contributed by atoms with Gasteiger partial charge in [-0.25, -0.2) is 4.79 Å². The first-order chi connectivity index (χ1) is 11.1. The van der Waals surface area contributed by atoms with E-state index in [1.165, 1.54) is 17.4 Å². The first kappa shape index (κ1) is 16.1. The molecule has 0 aromatic carbocycles. The van der Waals surface area contributed by atoms with Crippen molar-refractivity contribution in [2.24, 2.45) is 0 Å². The molecule has 0 N–H and O–H groups in total. The van der Waals surface area contributed by atoms with E-state index in [0.717, 1.165) is 31.5 Å². The predicted molar refractivity (Wildman–Crippen MR) is 93.5 cm³/mol. The minimum absolute atomic E-state index is 0.123. The Bertz CT molecular complexity index is 685. The summed E-state index contributed by atoms with van der Waals surface area (Å²) < 4.78 is 3.26. The molecule has 0 atom stereocenters. The van der Waals surface area contributed by atoms with E-state index < -0.39 is 0 Å². The molecule has 1 fully saturated rings. The second kappa shape index (κ2) is 6.42. The Morgan fingerprint density at radius 1 is 1.00 bits per heavy atom. The first-order valence-electron chi connectivity index (χ1n) is 8.95. The van der Waals surface area contributed by atoms with Crippen molar-refractivity contribution in [1.82, 2.24) is 9.13 Å². The number of hydrogen-bond acceptors (Lipinski definition) is 4. The summed E-state index contributed by atoms with van der Waals surface area (Å²) in [7, 11) is 1.96. The van der Waals surface area contributed by atoms with Gasteiger partial charge in [-0.1, -0.05) is 26.7 Å². The van der Waals surface area contributed by atoms with E-state index in [9.17, 15) is 9.59 Å². The van der Waals surface area contributed by atoms with Crippen molar-refractivity contribution in [3.05, 3.63) is 20.8 Å². The molecule has 0 unspecified atom stereocenters. The summed E-state index contributed by atoms with van der Waals surface area (Å²) in [6.45, 7) is 5.95. The summed E-state index contributed by atoms with van der Waals surface area (Å²) in [5.41, 5.74) is 0.441. The number of aromatic nitrogens is 2. The predicted octanol–water partition coefficient (Wildman–Crippen LogP) is 1.99. The first-order valence-corrected chi connectivity index (χ1v) is 8.95. The average molecular weight is 320 g/mol. The maximum absolute atomic E-state index is 12.9. The standard InChI is InChI=1S/C17H28N4O2/c1-4-10-19-15-14(16(22)20(11-5-2)17(19)23)18(3)12-21(15)13-8-6-7-9-13/h13H,4-12H2,1-3H3. The zero-order valence-electron chi connectivity index (χ0n) is 14.5. The molecule has 6 nitrogen and oxygen atoms in total. The summed E-state index contributed by atoms with van der Waals surface area (Å²) in [6, 6.07) is 0.461. The van der Waals surface area contributed by atoms with Crippen molar-refractivity contribution in [1.29, 1.82) is 0 Å². The van der Waals surface area contributed by atoms with E-state index in [-0.39, 0.29) is 11.2 Å². The Labute approximate surface area is 137 Å². The smallest absolute Gasteiger partial charge is 0.332 e. The van der Waals surface area contributed by atoms with Gasteiger partial charge in [0.1, 0.15) is 11.5 Å². The fourth-order valence-electron chi connectivity index (χ4n) is 4.02. The molecule has 0 spiro atoms. The molecule has 2 aliphatic rings. The van der Waals surface area contributed by atoms with Crippen LogP contribution >= 0.6 is 0 Å². The van der Waals surface area contributed by atoms with E-state index >= 15 is 0 Å². The van der Waals surface area contributed by atoms with Gasteiger partial charge in [0.2, 0.25) is 0 Å². The van der Waals surface area contributed by atoms with Crippen LogP contribution in [-0.2, 0) is 13.1 Å². The topological polar surface area (TPSA) is 50.5 Å². The third kappa shape index (κ3) is 2.58. The van der Waals surface area contributed by atoms with E-state index in [1.54, 1.807) is 0 Å². The quantitative estimate of drug-likeness (QED) is 0.832. The summed E-state index contributed by atoms with van der Waals surface area (Å²) in [6.07, 6.45) is 6.47. The normalized spacial score (nSPS) is 18.0. The van der Waals surface area contributed by atoms with Gasteiger partial charge in [0, 0.05) is 26.2 Å². The van der Waals surface area contributed by atoms with Gasteiger partial charge in [0.05, 0.1) is 6.67 Å². The Kier molecular flexibility index (Phi) is 4.50. The largest absolute Gasteiger partial charge is 0.349 e. The molecule has 23 heavy (non-hydrogen) atoms. The van der Waals surface area contributed by atoms with Crippen LogP contribution in [0.4, 0.5) is 11.5 Å². The van der Waals surface area contributed by atoms with Gasteiger partial charge in [-0.15, -0.1) is 0 Å². The zero-order valence-corrected chi connectivity index (χ0v) is 14.5. The van der Waals surface area contributed by atoms with Crippen LogP contribution in [0.3, 0.4) is 0 Å². The number of hydrogen-bond donors (Lipinski definition) is 0. The van der Waals surface area contributed by atoms with Crippen LogP contribution in [0.5, 0.6) is 0 Å². The van der Waals surface area contributed by atoms with Gasteiger partial charge < -0.3 is 9.80 Å². The molecular weight excluding hydrogens is 292 g/mol. The number of rotatable bonds is 5. The van der Waals surface area contributed by atoms with E-state index in [2.05, 4.69) is 11.8 Å². The summed E-state index contributed by atoms with van der Waals surface area (Å²) in [5.74, 6) is 0.864. The molecule has 1 aromatic heterocycles. The highest BCUT2D eigenvalue weighted by molar-refractivity contribution is 5.72. The molecule has 0 bridgehead atoms. The molecule has 0 saturated heterocycles. The summed E-state index contributed by atoms with van der Waals surface area (Å²) >= 11 is 0. The zero-order chi connectivity index (χ0) is 16.6. The molecule has 2 heterocycles. The maximum Gasteiger partial charge on any atom is 0.332 e. The van der Waals surface area contributed by atoms with Gasteiger partial charge in [-0.2, -0.15) is 0 Å². The lowest BCUT2D eigenvalue weighted by Gasteiger charge is -2.28. The fraction of sp³-hybridized carbons (Fsp3) is 0.765. The number of anilines is 2. The van der Waals surface area contributed by atoms with E-state index in [0.29, 0.717) is 31.5 Å². The average Bonchev–Trinajstić information content (AvgIpc) is 3.15. The van der Waals surface area contributed by atoms with E-state index in [1.807, 2.05) is 23.4 Å². The van der Waals surface area contributed by atoms with Gasteiger partial charge in [-0.05, 0) is 25.7 Å². The summed E-state index contributed by atoms with van der Waals surface area (Å²) in [5, 5.41) is 0. The maximum atomic E-state index is 12.9. The molecule has 0 radical (unpaired) electrons. The number of fused-ring (bicyclic) bond motifs is 1. The Morgan fingerprint density at radius 3 is 2.22 bits per heavy atom. The van der Waals surface area contributed by atoms with E-state index in [4.69, 9.17) is 0 Å². The van der Waals surface area contributed by atoms with Crippen LogP contribution in [-0.4, -0.2) is 28.9 Å². The Morgan fingerprint density at radius 2 is 1.61 bits per heavy atom. The van der Waals surface area contributed by atoms with Crippen LogP contribution < -0.4 is 21.0 Å². The molecular formula is C17H28N4O2. The molecule has 3 rings (SSSR count). The van der Waals surface area contributed by atoms with Crippen molar-refractivity contribution < 1.29 is 0 Å². The van der Waals surface area contributed by atoms with Gasteiger partial charge >= 0.3 is 5.69 Å². The molecule has 1 aliphatic heterocycles. The van der Waals surface area contributed by atoms with Crippen LogP contribution in [0.2, 0.25) is 0 Å². The highest BCUT2D eigenvalue weighted by Crippen LogP contribution is 2.36. The van der Waals surface area contributed by atoms with Crippen LogP contribution in [0.1, 0.15) is 52.4 Å². The van der Waals surface area contributed by atoms with Gasteiger partial charge in [0.15, 0.2) is 0 Å². The van der Waals surface area contributed by atoms with Gasteiger partial charge in [0.25, 0.3) is 5.56 Å². The van der Waals surface area contributed by atoms with Crippen molar-refractivity contribution in [3.63, 3.8) is 0 Å². The highest BCUT2D eigenvalue weighted by atomic mass is 16.2. The van der Waals surface area contributed by atoms with Crippen molar-refractivity contribution >= 4 is 11.5 Å². The van der Waals surface area contributed by atoms with Crippen LogP contribution in [0.25, 0.3) is 0 Å². The number of nitrogens with zero attached hydrogens (tertiary/aromatic N) is 4. The minimum Gasteiger partial charge on any atom is -0.349 e. The van der Waals surface area contributed by atoms with Gasteiger partial charge in [-0.3, -0.25) is 13.9 Å². The molecule has 128 valence electrons. The SMILES string of the molecule is CCCn1c2c(c(=O)n(CCC)c1=O)N(C)CN2C1CCCC1. The second-order valence-electron chi connectivity index (χ2n) is 6.81. The molecule has 1 saturated carbocycles. The third-order valence-electron chi connectivity index (χ3n) is 5.06. The van der Waals surface area contributed by atoms with Crippen molar-refractivity contribution in [2.45, 2.75) is 71.5 Å². The molecule has 1 aromatic rings. The fourth-order valence-corrected chi connectivity index (χ4v) is 4.02. The summed E-state index contributed by atoms with van der Waals surface area (Å²) in [4.78, 5) is 30.1. The molecule has 6 heteroatoms. The minimum atomic E-state index is -0.143. The molecule has 1 aliphatic carbocycles. The molecule has 0 amide bonds. The Hall–Kier alpha value is -1.72. The third-order valence-corrected chi connectivity index (χ3v) is 5.06. The highest BCUT2D eigenvalue weighted by Gasteiger charge is 2.36. The monoisotopic (exact) mass is 320 g/mol. The van der Waals surface area contributed by atoms with Crippen LogP contribution in [0, 0.1) is 0 Å². The van der Waals surface area contributed by atoms with Crippen LogP contribution in [0.15, 0.2) is 9.59 Å².